The molecule has 2 heterocycles. The summed E-state index contributed by atoms with van der Waals surface area (Å²) >= 11 is 0. The zero-order valence-electron chi connectivity index (χ0n) is 20.1. The number of hydrogen-bond acceptors (Lipinski definition) is 5. The smallest absolute Gasteiger partial charge is 0.229 e. The zero-order chi connectivity index (χ0) is 24.5. The van der Waals surface area contributed by atoms with Crippen molar-refractivity contribution in [3.05, 3.63) is 42.3 Å². The van der Waals surface area contributed by atoms with Gasteiger partial charge in [0.05, 0.1) is 12.7 Å². The summed E-state index contributed by atoms with van der Waals surface area (Å²) < 4.78 is 28.1. The van der Waals surface area contributed by atoms with Gasteiger partial charge in [-0.1, -0.05) is 25.7 Å². The lowest BCUT2D eigenvalue weighted by Crippen LogP contribution is -2.22. The molecule has 1 amide bonds. The van der Waals surface area contributed by atoms with Crippen LogP contribution in [0.3, 0.4) is 0 Å². The number of anilines is 1. The molecule has 3 aromatic rings. The minimum absolute atomic E-state index is 0.00992. The van der Waals surface area contributed by atoms with Crippen LogP contribution in [0.2, 0.25) is 25.7 Å². The molecule has 0 saturated heterocycles. The molecule has 1 aliphatic rings. The third-order valence-electron chi connectivity index (χ3n) is 6.16. The number of halogens is 1. The second-order valence-corrected chi connectivity index (χ2v) is 15.6. The molecule has 1 fully saturated rings. The number of carbonyl (C=O) groups excluding carboxylic acids is 1. The second-order valence-electron chi connectivity index (χ2n) is 10.0. The van der Waals surface area contributed by atoms with Crippen LogP contribution in [0.5, 0.6) is 5.75 Å². The number of rotatable bonds is 10. The minimum atomic E-state index is -1.24. The van der Waals surface area contributed by atoms with Gasteiger partial charge in [-0.25, -0.2) is 9.37 Å². The Balaban J connectivity index is 1.68. The average Bonchev–Trinajstić information content (AvgIpc) is 3.51. The molecule has 2 N–H and O–H groups in total. The van der Waals surface area contributed by atoms with Gasteiger partial charge in [0.2, 0.25) is 5.91 Å². The SMILES string of the molecule is COc1cccc(F)c1-c1cn(COCC[Si](C)(C)C)c2nc(NC(=O)C3CC3CO)ccc12. The normalized spacial score (nSPS) is 17.7. The van der Waals surface area contributed by atoms with E-state index >= 15 is 0 Å². The molecule has 7 nitrogen and oxygen atoms in total. The van der Waals surface area contributed by atoms with Crippen molar-refractivity contribution in [2.45, 2.75) is 38.8 Å². The van der Waals surface area contributed by atoms with Crippen molar-refractivity contribution in [1.29, 1.82) is 0 Å². The van der Waals surface area contributed by atoms with Gasteiger partial charge in [-0.3, -0.25) is 4.79 Å². The molecule has 2 aromatic heterocycles. The quantitative estimate of drug-likeness (QED) is 0.320. The van der Waals surface area contributed by atoms with Crippen molar-refractivity contribution in [1.82, 2.24) is 9.55 Å². The Labute approximate surface area is 199 Å². The fourth-order valence-corrected chi connectivity index (χ4v) is 4.75. The van der Waals surface area contributed by atoms with E-state index in [2.05, 4.69) is 29.9 Å². The number of fused-ring (bicyclic) bond motifs is 1. The summed E-state index contributed by atoms with van der Waals surface area (Å²) in [4.78, 5) is 17.1. The van der Waals surface area contributed by atoms with Crippen molar-refractivity contribution >= 4 is 30.8 Å². The van der Waals surface area contributed by atoms with Gasteiger partial charge in [0.25, 0.3) is 0 Å². The molecule has 0 bridgehead atoms. The first-order valence-corrected chi connectivity index (χ1v) is 15.2. The van der Waals surface area contributed by atoms with E-state index in [-0.39, 0.29) is 36.9 Å². The van der Waals surface area contributed by atoms with Crippen molar-refractivity contribution in [3.8, 4) is 16.9 Å². The molecule has 9 heteroatoms. The summed E-state index contributed by atoms with van der Waals surface area (Å²) in [5, 5.41) is 12.8. The van der Waals surface area contributed by atoms with Crippen molar-refractivity contribution in [2.24, 2.45) is 11.8 Å². The van der Waals surface area contributed by atoms with Crippen LogP contribution >= 0.6 is 0 Å². The number of aromatic nitrogens is 2. The summed E-state index contributed by atoms with van der Waals surface area (Å²) in [7, 11) is 0.275. The number of aliphatic hydroxyl groups excluding tert-OH is 1. The maximum Gasteiger partial charge on any atom is 0.229 e. The third kappa shape index (κ3) is 5.32. The molecule has 0 spiro atoms. The highest BCUT2D eigenvalue weighted by Gasteiger charge is 2.42. The maximum atomic E-state index is 14.9. The lowest BCUT2D eigenvalue weighted by atomic mass is 10.0. The highest BCUT2D eigenvalue weighted by atomic mass is 28.3. The summed E-state index contributed by atoms with van der Waals surface area (Å²) in [6.45, 7) is 7.78. The molecule has 0 radical (unpaired) electrons. The molecule has 2 atom stereocenters. The fourth-order valence-electron chi connectivity index (χ4n) is 4.00. The monoisotopic (exact) mass is 485 g/mol. The minimum Gasteiger partial charge on any atom is -0.496 e. The van der Waals surface area contributed by atoms with Gasteiger partial charge >= 0.3 is 0 Å². The number of carbonyl (C=O) groups is 1. The molecule has 1 aliphatic carbocycles. The van der Waals surface area contributed by atoms with E-state index in [9.17, 15) is 14.3 Å². The van der Waals surface area contributed by atoms with Crippen LogP contribution in [0.4, 0.5) is 10.2 Å². The molecular formula is C25H32FN3O4Si. The van der Waals surface area contributed by atoms with E-state index < -0.39 is 8.07 Å². The molecule has 0 aliphatic heterocycles. The van der Waals surface area contributed by atoms with Crippen LogP contribution in [0.1, 0.15) is 6.42 Å². The third-order valence-corrected chi connectivity index (χ3v) is 7.86. The van der Waals surface area contributed by atoms with Gasteiger partial charge in [0.15, 0.2) is 0 Å². The molecule has 182 valence electrons. The van der Waals surface area contributed by atoms with Crippen LogP contribution in [0.15, 0.2) is 36.5 Å². The van der Waals surface area contributed by atoms with E-state index in [1.807, 2.05) is 16.8 Å². The van der Waals surface area contributed by atoms with E-state index in [0.717, 1.165) is 11.4 Å². The standard InChI is InChI=1S/C25H32FN3O4Si/c1-32-21-7-5-6-20(26)23(21)19-13-29(15-33-10-11-34(2,3)4)24-17(19)8-9-22(27-24)28-25(31)18-12-16(18)14-30/h5-9,13,16,18,30H,10-12,14-15H2,1-4H3,(H,27,28,31). The topological polar surface area (TPSA) is 85.6 Å². The molecular weight excluding hydrogens is 453 g/mol. The number of benzene rings is 1. The first-order valence-electron chi connectivity index (χ1n) is 11.5. The Morgan fingerprint density at radius 1 is 1.29 bits per heavy atom. The highest BCUT2D eigenvalue weighted by molar-refractivity contribution is 6.76. The summed E-state index contributed by atoms with van der Waals surface area (Å²) in [5.41, 5.74) is 1.59. The molecule has 34 heavy (non-hydrogen) atoms. The van der Waals surface area contributed by atoms with Crippen LogP contribution in [0.25, 0.3) is 22.2 Å². The van der Waals surface area contributed by atoms with Gasteiger partial charge in [0, 0.05) is 44.4 Å². The van der Waals surface area contributed by atoms with Crippen LogP contribution in [-0.4, -0.2) is 49.0 Å². The van der Waals surface area contributed by atoms with Crippen molar-refractivity contribution < 1.29 is 23.8 Å². The lowest BCUT2D eigenvalue weighted by Gasteiger charge is -2.15. The number of pyridine rings is 1. The Kier molecular flexibility index (Phi) is 7.06. The predicted octanol–water partition coefficient (Wildman–Crippen LogP) is 4.73. The predicted molar refractivity (Wildman–Crippen MR) is 133 cm³/mol. The lowest BCUT2D eigenvalue weighted by molar-refractivity contribution is -0.117. The maximum absolute atomic E-state index is 14.9. The summed E-state index contributed by atoms with van der Waals surface area (Å²) in [5.74, 6) is 0.143. The van der Waals surface area contributed by atoms with E-state index in [4.69, 9.17) is 9.47 Å². The van der Waals surface area contributed by atoms with E-state index in [0.29, 0.717) is 41.4 Å². The highest BCUT2D eigenvalue weighted by Crippen LogP contribution is 2.40. The van der Waals surface area contributed by atoms with Gasteiger partial charge in [-0.05, 0) is 42.6 Å². The van der Waals surface area contributed by atoms with Crippen molar-refractivity contribution in [3.63, 3.8) is 0 Å². The molecule has 1 saturated carbocycles. The summed E-state index contributed by atoms with van der Waals surface area (Å²) in [6.07, 6.45) is 2.50. The Morgan fingerprint density at radius 3 is 2.76 bits per heavy atom. The Bertz CT molecular complexity index is 1190. The molecule has 2 unspecified atom stereocenters. The molecule has 1 aromatic carbocycles. The van der Waals surface area contributed by atoms with Gasteiger partial charge in [-0.15, -0.1) is 0 Å². The number of nitrogens with one attached hydrogen (secondary N) is 1. The Morgan fingerprint density at radius 2 is 2.09 bits per heavy atom. The van der Waals surface area contributed by atoms with Gasteiger partial charge < -0.3 is 24.5 Å². The first-order chi connectivity index (χ1) is 16.2. The number of ether oxygens (including phenoxy) is 2. The number of aliphatic hydroxyl groups is 1. The second kappa shape index (κ2) is 9.85. The molecule has 4 rings (SSSR count). The van der Waals surface area contributed by atoms with E-state index in [1.54, 1.807) is 18.2 Å². The van der Waals surface area contributed by atoms with Gasteiger partial charge in [0.1, 0.15) is 29.8 Å². The number of methoxy groups -OCH3 is 1. The van der Waals surface area contributed by atoms with E-state index in [1.165, 1.54) is 13.2 Å². The number of nitrogens with zero attached hydrogens (tertiary/aromatic N) is 2. The largest absolute Gasteiger partial charge is 0.496 e. The fraction of sp³-hybridized carbons (Fsp3) is 0.440. The zero-order valence-corrected chi connectivity index (χ0v) is 21.1. The average molecular weight is 486 g/mol. The van der Waals surface area contributed by atoms with Crippen molar-refractivity contribution in [2.75, 3.05) is 25.6 Å². The number of hydrogen-bond donors (Lipinski definition) is 2. The summed E-state index contributed by atoms with van der Waals surface area (Å²) in [6, 6.07) is 9.31. The van der Waals surface area contributed by atoms with Crippen LogP contribution < -0.4 is 10.1 Å². The van der Waals surface area contributed by atoms with Crippen LogP contribution in [0, 0.1) is 17.7 Å². The van der Waals surface area contributed by atoms with Gasteiger partial charge in [-0.2, -0.15) is 0 Å². The number of amides is 1. The van der Waals surface area contributed by atoms with Crippen LogP contribution in [-0.2, 0) is 16.3 Å². The Hall–Kier alpha value is -2.75. The first kappa shape index (κ1) is 24.4.